The summed E-state index contributed by atoms with van der Waals surface area (Å²) in [5.74, 6) is 2.27. The van der Waals surface area contributed by atoms with Gasteiger partial charge in [-0.05, 0) is 35.9 Å². The van der Waals surface area contributed by atoms with Gasteiger partial charge < -0.3 is 14.0 Å². The molecule has 5 nitrogen and oxygen atoms in total. The monoisotopic (exact) mass is 358 g/mol. The highest BCUT2D eigenvalue weighted by Crippen LogP contribution is 2.32. The average molecular weight is 358 g/mol. The molecule has 134 valence electrons. The van der Waals surface area contributed by atoms with Gasteiger partial charge in [0.05, 0.1) is 7.11 Å². The molecule has 0 atom stereocenters. The zero-order valence-corrected chi connectivity index (χ0v) is 14.8. The molecule has 0 saturated carbocycles. The van der Waals surface area contributed by atoms with Crippen LogP contribution in [0.15, 0.2) is 83.4 Å². The van der Waals surface area contributed by atoms with Gasteiger partial charge in [0.25, 0.3) is 5.89 Å². The van der Waals surface area contributed by atoms with Crippen LogP contribution in [0.5, 0.6) is 11.5 Å². The van der Waals surface area contributed by atoms with E-state index in [2.05, 4.69) is 10.1 Å². The molecule has 0 spiro atoms. The minimum absolute atomic E-state index is 0.469. The van der Waals surface area contributed by atoms with Crippen molar-refractivity contribution in [3.63, 3.8) is 0 Å². The molecule has 0 unspecified atom stereocenters. The van der Waals surface area contributed by atoms with Crippen LogP contribution in [0.4, 0.5) is 0 Å². The van der Waals surface area contributed by atoms with Gasteiger partial charge in [0.1, 0.15) is 6.61 Å². The maximum atomic E-state index is 5.89. The fourth-order valence-electron chi connectivity index (χ4n) is 2.70. The van der Waals surface area contributed by atoms with Gasteiger partial charge in [-0.1, -0.05) is 53.7 Å². The summed E-state index contributed by atoms with van der Waals surface area (Å²) in [7, 11) is 1.61. The Morgan fingerprint density at radius 2 is 1.56 bits per heavy atom. The van der Waals surface area contributed by atoms with Gasteiger partial charge in [0, 0.05) is 11.1 Å². The van der Waals surface area contributed by atoms with Crippen LogP contribution >= 0.6 is 0 Å². The van der Waals surface area contributed by atoms with Crippen LogP contribution in [0.1, 0.15) is 5.56 Å². The summed E-state index contributed by atoms with van der Waals surface area (Å²) < 4.78 is 16.7. The van der Waals surface area contributed by atoms with Crippen LogP contribution in [0.25, 0.3) is 22.8 Å². The van der Waals surface area contributed by atoms with Crippen LogP contribution in [0.2, 0.25) is 0 Å². The fourth-order valence-corrected chi connectivity index (χ4v) is 2.70. The maximum Gasteiger partial charge on any atom is 0.258 e. The van der Waals surface area contributed by atoms with Crippen LogP contribution in [0, 0.1) is 0 Å². The van der Waals surface area contributed by atoms with Crippen LogP contribution in [-0.2, 0) is 6.61 Å². The number of nitrogens with zero attached hydrogens (tertiary/aromatic N) is 2. The maximum absolute atomic E-state index is 5.89. The molecule has 1 aromatic heterocycles. The molecular weight excluding hydrogens is 340 g/mol. The number of benzene rings is 3. The van der Waals surface area contributed by atoms with Crippen molar-refractivity contribution in [3.8, 4) is 34.3 Å². The lowest BCUT2D eigenvalue weighted by Crippen LogP contribution is -1.98. The highest BCUT2D eigenvalue weighted by atomic mass is 16.5. The van der Waals surface area contributed by atoms with E-state index < -0.39 is 0 Å². The highest BCUT2D eigenvalue weighted by molar-refractivity contribution is 5.63. The van der Waals surface area contributed by atoms with Gasteiger partial charge in [-0.2, -0.15) is 4.98 Å². The minimum Gasteiger partial charge on any atom is -0.493 e. The van der Waals surface area contributed by atoms with Crippen LogP contribution in [-0.4, -0.2) is 17.3 Å². The van der Waals surface area contributed by atoms with E-state index in [0.717, 1.165) is 16.7 Å². The number of rotatable bonds is 6. The first kappa shape index (κ1) is 16.8. The number of aromatic nitrogens is 2. The second-order valence-corrected chi connectivity index (χ2v) is 5.93. The molecule has 0 saturated heterocycles. The normalized spacial score (nSPS) is 10.6. The largest absolute Gasteiger partial charge is 0.493 e. The Labute approximate surface area is 157 Å². The molecule has 4 aromatic rings. The van der Waals surface area contributed by atoms with Gasteiger partial charge in [0.2, 0.25) is 5.82 Å². The molecule has 0 aliphatic heterocycles. The molecule has 4 rings (SSSR count). The van der Waals surface area contributed by atoms with Crippen molar-refractivity contribution >= 4 is 0 Å². The zero-order chi connectivity index (χ0) is 18.5. The topological polar surface area (TPSA) is 57.4 Å². The predicted molar refractivity (Wildman–Crippen MR) is 102 cm³/mol. The number of hydrogen-bond acceptors (Lipinski definition) is 5. The molecule has 0 bridgehead atoms. The SMILES string of the molecule is COc1cc(-c2noc(-c3ccccc3)n2)ccc1OCc1ccccc1. The van der Waals surface area contributed by atoms with Gasteiger partial charge in [-0.3, -0.25) is 0 Å². The standard InChI is InChI=1S/C22H18N2O3/c1-25-20-14-18(12-13-19(20)26-15-16-8-4-2-5-9-16)21-23-22(27-24-21)17-10-6-3-7-11-17/h2-14H,15H2,1H3. The van der Waals surface area contributed by atoms with Gasteiger partial charge in [0.15, 0.2) is 11.5 Å². The Kier molecular flexibility index (Phi) is 4.83. The van der Waals surface area contributed by atoms with Crippen molar-refractivity contribution in [2.75, 3.05) is 7.11 Å². The zero-order valence-electron chi connectivity index (χ0n) is 14.8. The Bertz CT molecular complexity index is 1010. The summed E-state index contributed by atoms with van der Waals surface area (Å²) in [6, 6.07) is 25.3. The molecule has 0 aliphatic carbocycles. The van der Waals surface area contributed by atoms with E-state index in [9.17, 15) is 0 Å². The van der Waals surface area contributed by atoms with Gasteiger partial charge in [-0.25, -0.2) is 0 Å². The highest BCUT2D eigenvalue weighted by Gasteiger charge is 2.13. The van der Waals surface area contributed by atoms with E-state index >= 15 is 0 Å². The average Bonchev–Trinajstić information content (AvgIpc) is 3.24. The van der Waals surface area contributed by atoms with Crippen molar-refractivity contribution in [2.24, 2.45) is 0 Å². The third-order valence-corrected chi connectivity index (χ3v) is 4.11. The lowest BCUT2D eigenvalue weighted by atomic mass is 10.2. The van der Waals surface area contributed by atoms with Crippen molar-refractivity contribution < 1.29 is 14.0 Å². The van der Waals surface area contributed by atoms with Crippen molar-refractivity contribution in [3.05, 3.63) is 84.4 Å². The van der Waals surface area contributed by atoms with Crippen molar-refractivity contribution in [2.45, 2.75) is 6.61 Å². The lowest BCUT2D eigenvalue weighted by Gasteiger charge is -2.11. The van der Waals surface area contributed by atoms with E-state index in [4.69, 9.17) is 14.0 Å². The number of hydrogen-bond donors (Lipinski definition) is 0. The number of methoxy groups -OCH3 is 1. The first-order valence-corrected chi connectivity index (χ1v) is 8.58. The second-order valence-electron chi connectivity index (χ2n) is 5.93. The lowest BCUT2D eigenvalue weighted by molar-refractivity contribution is 0.284. The van der Waals surface area contributed by atoms with E-state index in [0.29, 0.717) is 29.8 Å². The molecule has 0 N–H and O–H groups in total. The van der Waals surface area contributed by atoms with E-state index in [1.54, 1.807) is 7.11 Å². The molecule has 0 fully saturated rings. The molecular formula is C22H18N2O3. The summed E-state index contributed by atoms with van der Waals surface area (Å²) in [4.78, 5) is 4.48. The van der Waals surface area contributed by atoms with Gasteiger partial charge in [-0.15, -0.1) is 0 Å². The third-order valence-electron chi connectivity index (χ3n) is 4.11. The fraction of sp³-hybridized carbons (Fsp3) is 0.0909. The van der Waals surface area contributed by atoms with Crippen molar-refractivity contribution in [1.29, 1.82) is 0 Å². The quantitative estimate of drug-likeness (QED) is 0.486. The first-order chi connectivity index (χ1) is 13.3. The smallest absolute Gasteiger partial charge is 0.258 e. The van der Waals surface area contributed by atoms with Crippen LogP contribution in [0.3, 0.4) is 0 Å². The third kappa shape index (κ3) is 3.82. The van der Waals surface area contributed by atoms with E-state index in [1.807, 2.05) is 78.9 Å². The van der Waals surface area contributed by atoms with Crippen molar-refractivity contribution in [1.82, 2.24) is 10.1 Å². The Morgan fingerprint density at radius 1 is 0.815 bits per heavy atom. The second kappa shape index (κ2) is 7.74. The molecule has 0 aliphatic rings. The minimum atomic E-state index is 0.469. The molecule has 1 heterocycles. The summed E-state index contributed by atoms with van der Waals surface area (Å²) in [5, 5.41) is 4.08. The molecule has 3 aromatic carbocycles. The first-order valence-electron chi connectivity index (χ1n) is 8.58. The molecule has 0 radical (unpaired) electrons. The predicted octanol–water partition coefficient (Wildman–Crippen LogP) is 4.99. The Morgan fingerprint density at radius 3 is 2.30 bits per heavy atom. The summed E-state index contributed by atoms with van der Waals surface area (Å²) >= 11 is 0. The summed E-state index contributed by atoms with van der Waals surface area (Å²) in [6.07, 6.45) is 0. The van der Waals surface area contributed by atoms with E-state index in [1.165, 1.54) is 0 Å². The molecule has 27 heavy (non-hydrogen) atoms. The molecule has 5 heteroatoms. The summed E-state index contributed by atoms with van der Waals surface area (Å²) in [6.45, 7) is 0.469. The Hall–Kier alpha value is -3.60. The van der Waals surface area contributed by atoms with E-state index in [-0.39, 0.29) is 0 Å². The number of ether oxygens (including phenoxy) is 2. The van der Waals surface area contributed by atoms with Crippen LogP contribution < -0.4 is 9.47 Å². The summed E-state index contributed by atoms with van der Waals surface area (Å²) in [5.41, 5.74) is 2.77. The van der Waals surface area contributed by atoms with Gasteiger partial charge >= 0.3 is 0 Å². The Balaban J connectivity index is 1.55. The molecule has 0 amide bonds.